The smallest absolute Gasteiger partial charge is 0.0234 e. The van der Waals surface area contributed by atoms with Gasteiger partial charge in [-0.05, 0) is 49.9 Å². The van der Waals surface area contributed by atoms with Gasteiger partial charge in [0.2, 0.25) is 0 Å². The Balaban J connectivity index is 2.81. The minimum atomic E-state index is -0.145. The number of likely N-dealkylation sites (N-methyl/N-ethyl adjacent to an activating group) is 1. The fourth-order valence-electron chi connectivity index (χ4n) is 2.38. The third-order valence-corrected chi connectivity index (χ3v) is 3.33. The third-order valence-electron chi connectivity index (χ3n) is 3.33. The number of nitrogens with two attached hydrogens (primary N) is 1. The van der Waals surface area contributed by atoms with Gasteiger partial charge in [0.05, 0.1) is 0 Å². The summed E-state index contributed by atoms with van der Waals surface area (Å²) in [5.41, 5.74) is 10.3. The van der Waals surface area contributed by atoms with Crippen LogP contribution in [0.25, 0.3) is 0 Å². The monoisotopic (exact) mass is 262 g/mol. The first kappa shape index (κ1) is 16.2. The van der Waals surface area contributed by atoms with E-state index in [2.05, 4.69) is 71.7 Å². The fourth-order valence-corrected chi connectivity index (χ4v) is 2.38. The predicted molar refractivity (Wildman–Crippen MR) is 84.5 cm³/mol. The van der Waals surface area contributed by atoms with Crippen LogP contribution in [0.5, 0.6) is 0 Å². The summed E-state index contributed by atoms with van der Waals surface area (Å²) < 4.78 is 0. The van der Waals surface area contributed by atoms with Crippen molar-refractivity contribution in [2.45, 2.75) is 59.0 Å². The average Bonchev–Trinajstić information content (AvgIpc) is 2.16. The topological polar surface area (TPSA) is 29.3 Å². The van der Waals surface area contributed by atoms with Gasteiger partial charge in [0.25, 0.3) is 0 Å². The van der Waals surface area contributed by atoms with E-state index in [4.69, 9.17) is 5.73 Å². The summed E-state index contributed by atoms with van der Waals surface area (Å²) in [6.07, 6.45) is 0. The first-order chi connectivity index (χ1) is 8.49. The number of benzene rings is 1. The third kappa shape index (κ3) is 5.33. The highest BCUT2D eigenvalue weighted by molar-refractivity contribution is 5.34. The van der Waals surface area contributed by atoms with Crippen LogP contribution in [0.4, 0.5) is 0 Å². The van der Waals surface area contributed by atoms with Crippen molar-refractivity contribution in [3.63, 3.8) is 0 Å². The van der Waals surface area contributed by atoms with Crippen LogP contribution in [0.1, 0.15) is 51.3 Å². The molecule has 108 valence electrons. The molecule has 0 amide bonds. The van der Waals surface area contributed by atoms with Crippen molar-refractivity contribution < 1.29 is 0 Å². The van der Waals surface area contributed by atoms with Crippen LogP contribution in [0.2, 0.25) is 0 Å². The molecule has 0 aromatic heterocycles. The molecule has 0 heterocycles. The maximum absolute atomic E-state index is 6.07. The van der Waals surface area contributed by atoms with Gasteiger partial charge in [-0.25, -0.2) is 0 Å². The Labute approximate surface area is 119 Å². The molecule has 0 atom stereocenters. The molecule has 0 fully saturated rings. The Morgan fingerprint density at radius 2 is 1.68 bits per heavy atom. The van der Waals surface area contributed by atoms with Gasteiger partial charge in [-0.3, -0.25) is 0 Å². The highest BCUT2D eigenvalue weighted by Crippen LogP contribution is 2.24. The second-order valence-electron chi connectivity index (χ2n) is 7.55. The van der Waals surface area contributed by atoms with E-state index in [0.717, 1.165) is 13.1 Å². The molecule has 0 aliphatic carbocycles. The van der Waals surface area contributed by atoms with Gasteiger partial charge in [-0.1, -0.05) is 39.0 Å². The minimum absolute atomic E-state index is 0.145. The summed E-state index contributed by atoms with van der Waals surface area (Å²) in [6, 6.07) is 6.83. The zero-order valence-electron chi connectivity index (χ0n) is 13.7. The van der Waals surface area contributed by atoms with Gasteiger partial charge in [0.15, 0.2) is 0 Å². The highest BCUT2D eigenvalue weighted by Gasteiger charge is 2.17. The molecule has 2 N–H and O–H groups in total. The Morgan fingerprint density at radius 3 is 2.11 bits per heavy atom. The lowest BCUT2D eigenvalue weighted by Crippen LogP contribution is -2.43. The first-order valence-electron chi connectivity index (χ1n) is 7.06. The zero-order valence-corrected chi connectivity index (χ0v) is 13.7. The lowest BCUT2D eigenvalue weighted by Gasteiger charge is -2.27. The fraction of sp³-hybridized carbons (Fsp3) is 0.647. The van der Waals surface area contributed by atoms with E-state index >= 15 is 0 Å². The molecule has 0 spiro atoms. The molecular weight excluding hydrogens is 232 g/mol. The van der Waals surface area contributed by atoms with Crippen molar-refractivity contribution in [1.82, 2.24) is 4.90 Å². The molecule has 2 heteroatoms. The molecule has 0 bridgehead atoms. The normalized spacial score (nSPS) is 13.1. The second-order valence-corrected chi connectivity index (χ2v) is 7.55. The largest absolute Gasteiger partial charge is 0.324 e. The number of hydrogen-bond acceptors (Lipinski definition) is 2. The minimum Gasteiger partial charge on any atom is -0.324 e. The Hall–Kier alpha value is -0.860. The van der Waals surface area contributed by atoms with Crippen LogP contribution in [-0.2, 0) is 12.0 Å². The van der Waals surface area contributed by atoms with Crippen LogP contribution < -0.4 is 5.73 Å². The SMILES string of the molecule is Cc1cc(C(C)(C)C)ccc1CN(C)CC(C)(C)N. The van der Waals surface area contributed by atoms with Gasteiger partial charge < -0.3 is 10.6 Å². The van der Waals surface area contributed by atoms with Gasteiger partial charge in [-0.2, -0.15) is 0 Å². The predicted octanol–water partition coefficient (Wildman–Crippen LogP) is 3.46. The van der Waals surface area contributed by atoms with E-state index in [1.807, 2.05) is 0 Å². The van der Waals surface area contributed by atoms with E-state index < -0.39 is 0 Å². The molecule has 19 heavy (non-hydrogen) atoms. The summed E-state index contributed by atoms with van der Waals surface area (Å²) in [5.74, 6) is 0. The molecule has 0 aliphatic rings. The number of hydrogen-bond donors (Lipinski definition) is 1. The molecule has 1 aromatic carbocycles. The molecular formula is C17H30N2. The van der Waals surface area contributed by atoms with Crippen LogP contribution >= 0.6 is 0 Å². The second kappa shape index (κ2) is 5.64. The van der Waals surface area contributed by atoms with Crippen LogP contribution in [-0.4, -0.2) is 24.0 Å². The average molecular weight is 262 g/mol. The molecule has 2 nitrogen and oxygen atoms in total. The van der Waals surface area contributed by atoms with Crippen LogP contribution in [0, 0.1) is 6.92 Å². The Bertz CT molecular complexity index is 422. The van der Waals surface area contributed by atoms with E-state index in [9.17, 15) is 0 Å². The van der Waals surface area contributed by atoms with Crippen molar-refractivity contribution in [2.24, 2.45) is 5.73 Å². The van der Waals surface area contributed by atoms with Gasteiger partial charge in [0, 0.05) is 18.6 Å². The molecule has 0 saturated carbocycles. The number of aryl methyl sites for hydroxylation is 1. The van der Waals surface area contributed by atoms with Crippen molar-refractivity contribution in [3.8, 4) is 0 Å². The first-order valence-corrected chi connectivity index (χ1v) is 7.06. The maximum Gasteiger partial charge on any atom is 0.0234 e. The van der Waals surface area contributed by atoms with Crippen molar-refractivity contribution in [3.05, 3.63) is 34.9 Å². The standard InChI is InChI=1S/C17H30N2/c1-13-10-15(16(2,3)4)9-8-14(13)11-19(7)12-17(5,6)18/h8-10H,11-12,18H2,1-7H3. The maximum atomic E-state index is 6.07. The summed E-state index contributed by atoms with van der Waals surface area (Å²) >= 11 is 0. The van der Waals surface area contributed by atoms with Gasteiger partial charge in [-0.15, -0.1) is 0 Å². The Kier molecular flexibility index (Phi) is 4.81. The molecule has 0 saturated heterocycles. The molecule has 0 aliphatic heterocycles. The van der Waals surface area contributed by atoms with E-state index in [0.29, 0.717) is 0 Å². The molecule has 0 unspecified atom stereocenters. The quantitative estimate of drug-likeness (QED) is 0.900. The van der Waals surface area contributed by atoms with Crippen molar-refractivity contribution in [1.29, 1.82) is 0 Å². The van der Waals surface area contributed by atoms with Crippen LogP contribution in [0.3, 0.4) is 0 Å². The summed E-state index contributed by atoms with van der Waals surface area (Å²) in [6.45, 7) is 15.0. The summed E-state index contributed by atoms with van der Waals surface area (Å²) in [4.78, 5) is 2.29. The highest BCUT2D eigenvalue weighted by atomic mass is 15.1. The van der Waals surface area contributed by atoms with Crippen LogP contribution in [0.15, 0.2) is 18.2 Å². The van der Waals surface area contributed by atoms with Gasteiger partial charge >= 0.3 is 0 Å². The molecule has 0 radical (unpaired) electrons. The number of nitrogens with zero attached hydrogens (tertiary/aromatic N) is 1. The van der Waals surface area contributed by atoms with E-state index in [1.54, 1.807) is 0 Å². The van der Waals surface area contributed by atoms with Gasteiger partial charge in [0.1, 0.15) is 0 Å². The van der Waals surface area contributed by atoms with E-state index in [-0.39, 0.29) is 11.0 Å². The lowest BCUT2D eigenvalue weighted by molar-refractivity contribution is 0.263. The van der Waals surface area contributed by atoms with Crippen molar-refractivity contribution >= 4 is 0 Å². The Morgan fingerprint density at radius 1 is 1.11 bits per heavy atom. The van der Waals surface area contributed by atoms with E-state index in [1.165, 1.54) is 16.7 Å². The summed E-state index contributed by atoms with van der Waals surface area (Å²) in [5, 5.41) is 0. The summed E-state index contributed by atoms with van der Waals surface area (Å²) in [7, 11) is 2.13. The lowest BCUT2D eigenvalue weighted by atomic mass is 9.85. The molecule has 1 rings (SSSR count). The molecule has 1 aromatic rings. The zero-order chi connectivity index (χ0) is 14.8. The van der Waals surface area contributed by atoms with Crippen molar-refractivity contribution in [2.75, 3.05) is 13.6 Å². The number of rotatable bonds is 4.